The topological polar surface area (TPSA) is 41.5 Å². The van der Waals surface area contributed by atoms with Crippen LogP contribution >= 0.6 is 0 Å². The lowest BCUT2D eigenvalue weighted by atomic mass is 9.64. The normalized spacial score (nSPS) is 36.9. The van der Waals surface area contributed by atoms with E-state index in [2.05, 4.69) is 33.0 Å². The predicted octanol–water partition coefficient (Wildman–Crippen LogP) is 2.97. The molecule has 0 radical (unpaired) electrons. The van der Waals surface area contributed by atoms with Crippen molar-refractivity contribution in [2.45, 2.75) is 78.0 Å². The Labute approximate surface area is 124 Å². The Morgan fingerprint density at radius 1 is 1.20 bits per heavy atom. The van der Waals surface area contributed by atoms with E-state index >= 15 is 0 Å². The number of hydrogen-bond donors (Lipinski definition) is 2. The third-order valence-electron chi connectivity index (χ3n) is 5.28. The highest BCUT2D eigenvalue weighted by molar-refractivity contribution is 5.03. The van der Waals surface area contributed by atoms with E-state index in [1.54, 1.807) is 0 Å². The Balaban J connectivity index is 1.67. The van der Waals surface area contributed by atoms with E-state index in [4.69, 9.17) is 4.74 Å². The summed E-state index contributed by atoms with van der Waals surface area (Å²) in [7, 11) is 0. The number of aliphatic hydroxyl groups excluding tert-OH is 1. The van der Waals surface area contributed by atoms with Gasteiger partial charge in [-0.3, -0.25) is 0 Å². The van der Waals surface area contributed by atoms with E-state index in [9.17, 15) is 5.11 Å². The Morgan fingerprint density at radius 2 is 1.85 bits per heavy atom. The number of nitrogens with one attached hydrogen (secondary N) is 1. The SMILES string of the molecule is CC(C)COC1CC(NCC2CCC(O)CC2)C1(C)C. The molecule has 0 saturated heterocycles. The summed E-state index contributed by atoms with van der Waals surface area (Å²) < 4.78 is 6.02. The molecule has 0 aromatic carbocycles. The molecule has 2 atom stereocenters. The monoisotopic (exact) mass is 283 g/mol. The fourth-order valence-corrected chi connectivity index (χ4v) is 3.48. The molecule has 20 heavy (non-hydrogen) atoms. The van der Waals surface area contributed by atoms with Gasteiger partial charge < -0.3 is 15.2 Å². The second-order valence-electron chi connectivity index (χ2n) is 7.91. The molecule has 2 saturated carbocycles. The van der Waals surface area contributed by atoms with Crippen LogP contribution in [0, 0.1) is 17.3 Å². The molecule has 2 N–H and O–H groups in total. The molecule has 2 fully saturated rings. The Kier molecular flexibility index (Phi) is 5.49. The summed E-state index contributed by atoms with van der Waals surface area (Å²) >= 11 is 0. The largest absolute Gasteiger partial charge is 0.393 e. The van der Waals surface area contributed by atoms with Crippen LogP contribution in [0.25, 0.3) is 0 Å². The van der Waals surface area contributed by atoms with Crippen LogP contribution in [-0.4, -0.2) is 36.5 Å². The minimum Gasteiger partial charge on any atom is -0.393 e. The molecule has 118 valence electrons. The summed E-state index contributed by atoms with van der Waals surface area (Å²) in [6, 6.07) is 0.589. The van der Waals surface area contributed by atoms with Gasteiger partial charge in [0, 0.05) is 18.1 Å². The average molecular weight is 283 g/mol. The van der Waals surface area contributed by atoms with Crippen molar-refractivity contribution < 1.29 is 9.84 Å². The van der Waals surface area contributed by atoms with Crippen molar-refractivity contribution in [3.05, 3.63) is 0 Å². The van der Waals surface area contributed by atoms with Gasteiger partial charge >= 0.3 is 0 Å². The van der Waals surface area contributed by atoms with Gasteiger partial charge in [-0.05, 0) is 50.5 Å². The van der Waals surface area contributed by atoms with E-state index in [1.165, 1.54) is 12.8 Å². The number of aliphatic hydroxyl groups is 1. The lowest BCUT2D eigenvalue weighted by molar-refractivity contribution is -0.124. The molecule has 0 aliphatic heterocycles. The van der Waals surface area contributed by atoms with Crippen molar-refractivity contribution in [3.8, 4) is 0 Å². The zero-order valence-corrected chi connectivity index (χ0v) is 13.7. The summed E-state index contributed by atoms with van der Waals surface area (Å²) in [6.07, 6.45) is 5.84. The summed E-state index contributed by atoms with van der Waals surface area (Å²) in [5.41, 5.74) is 0.253. The molecule has 0 bridgehead atoms. The van der Waals surface area contributed by atoms with E-state index in [-0.39, 0.29) is 11.5 Å². The van der Waals surface area contributed by atoms with Gasteiger partial charge in [0.2, 0.25) is 0 Å². The first-order valence-electron chi connectivity index (χ1n) is 8.42. The van der Waals surface area contributed by atoms with Crippen LogP contribution in [0.15, 0.2) is 0 Å². The molecule has 2 rings (SSSR count). The van der Waals surface area contributed by atoms with Crippen LogP contribution in [0.5, 0.6) is 0 Å². The van der Waals surface area contributed by atoms with Gasteiger partial charge in [0.15, 0.2) is 0 Å². The van der Waals surface area contributed by atoms with Crippen LogP contribution in [0.4, 0.5) is 0 Å². The number of hydrogen-bond acceptors (Lipinski definition) is 3. The highest BCUT2D eigenvalue weighted by Gasteiger charge is 2.48. The fraction of sp³-hybridized carbons (Fsp3) is 1.00. The fourth-order valence-electron chi connectivity index (χ4n) is 3.48. The summed E-state index contributed by atoms with van der Waals surface area (Å²) in [5.74, 6) is 1.37. The first-order chi connectivity index (χ1) is 9.39. The number of rotatable bonds is 6. The van der Waals surface area contributed by atoms with Crippen LogP contribution in [0.2, 0.25) is 0 Å². The maximum atomic E-state index is 9.55. The predicted molar refractivity (Wildman–Crippen MR) is 82.7 cm³/mol. The summed E-state index contributed by atoms with van der Waals surface area (Å²) in [4.78, 5) is 0. The van der Waals surface area contributed by atoms with Gasteiger partial charge in [0.1, 0.15) is 0 Å². The molecule has 0 spiro atoms. The summed E-state index contributed by atoms with van der Waals surface area (Å²) in [5, 5.41) is 13.3. The maximum absolute atomic E-state index is 9.55. The van der Waals surface area contributed by atoms with E-state index < -0.39 is 0 Å². The summed E-state index contributed by atoms with van der Waals surface area (Å²) in [6.45, 7) is 11.0. The van der Waals surface area contributed by atoms with Gasteiger partial charge in [0.25, 0.3) is 0 Å². The minimum atomic E-state index is -0.0415. The minimum absolute atomic E-state index is 0.0415. The smallest absolute Gasteiger partial charge is 0.0656 e. The van der Waals surface area contributed by atoms with Crippen molar-refractivity contribution in [1.82, 2.24) is 5.32 Å². The van der Waals surface area contributed by atoms with Gasteiger partial charge in [-0.15, -0.1) is 0 Å². The molecule has 0 heterocycles. The Morgan fingerprint density at radius 3 is 2.40 bits per heavy atom. The standard InChI is InChI=1S/C17H33NO2/c1-12(2)11-20-16-9-15(17(16,3)4)18-10-13-5-7-14(19)8-6-13/h12-16,18-19H,5-11H2,1-4H3. The molecular formula is C17H33NO2. The third-order valence-corrected chi connectivity index (χ3v) is 5.28. The van der Waals surface area contributed by atoms with Crippen LogP contribution in [0.1, 0.15) is 59.8 Å². The van der Waals surface area contributed by atoms with Crippen molar-refractivity contribution >= 4 is 0 Å². The molecule has 0 aromatic heterocycles. The first-order valence-corrected chi connectivity index (χ1v) is 8.42. The quantitative estimate of drug-likeness (QED) is 0.787. The van der Waals surface area contributed by atoms with Crippen molar-refractivity contribution in [1.29, 1.82) is 0 Å². The average Bonchev–Trinajstić information content (AvgIpc) is 2.38. The van der Waals surface area contributed by atoms with Gasteiger partial charge in [0.05, 0.1) is 12.2 Å². The molecule has 3 nitrogen and oxygen atoms in total. The molecule has 2 aliphatic carbocycles. The van der Waals surface area contributed by atoms with E-state index in [1.807, 2.05) is 0 Å². The van der Waals surface area contributed by atoms with Crippen LogP contribution in [-0.2, 0) is 4.74 Å². The van der Waals surface area contributed by atoms with Gasteiger partial charge in [-0.25, -0.2) is 0 Å². The molecule has 2 aliphatic rings. The second kappa shape index (κ2) is 6.76. The van der Waals surface area contributed by atoms with E-state index in [0.717, 1.165) is 38.3 Å². The van der Waals surface area contributed by atoms with Gasteiger partial charge in [-0.1, -0.05) is 27.7 Å². The molecule has 0 aromatic rings. The Bertz CT molecular complexity index is 295. The highest BCUT2D eigenvalue weighted by atomic mass is 16.5. The van der Waals surface area contributed by atoms with Gasteiger partial charge in [-0.2, -0.15) is 0 Å². The first kappa shape index (κ1) is 16.3. The molecule has 2 unspecified atom stereocenters. The van der Waals surface area contributed by atoms with Crippen molar-refractivity contribution in [3.63, 3.8) is 0 Å². The van der Waals surface area contributed by atoms with Crippen molar-refractivity contribution in [2.75, 3.05) is 13.2 Å². The maximum Gasteiger partial charge on any atom is 0.0656 e. The highest BCUT2D eigenvalue weighted by Crippen LogP contribution is 2.43. The Hall–Kier alpha value is -0.120. The number of ether oxygens (including phenoxy) is 1. The zero-order valence-electron chi connectivity index (χ0n) is 13.7. The van der Waals surface area contributed by atoms with Crippen LogP contribution < -0.4 is 5.32 Å². The molecule has 0 amide bonds. The molecule has 3 heteroatoms. The zero-order chi connectivity index (χ0) is 14.8. The van der Waals surface area contributed by atoms with E-state index in [0.29, 0.717) is 18.1 Å². The lowest BCUT2D eigenvalue weighted by Crippen LogP contribution is -2.61. The van der Waals surface area contributed by atoms with Crippen LogP contribution in [0.3, 0.4) is 0 Å². The lowest BCUT2D eigenvalue weighted by Gasteiger charge is -2.52. The third kappa shape index (κ3) is 3.96. The second-order valence-corrected chi connectivity index (χ2v) is 7.91. The van der Waals surface area contributed by atoms with Crippen molar-refractivity contribution in [2.24, 2.45) is 17.3 Å². The molecular weight excluding hydrogens is 250 g/mol.